The molecule has 1 aliphatic rings. The van der Waals surface area contributed by atoms with Crippen molar-refractivity contribution in [1.29, 1.82) is 0 Å². The van der Waals surface area contributed by atoms with Crippen molar-refractivity contribution in [2.24, 2.45) is 0 Å². The standard InChI is InChI=1S/C11H24N2/c1-9(2)13(10(3)4)8-7-12-11-5-6-11/h9-12H,5-8H2,1-4H3. The third kappa shape index (κ3) is 4.10. The molecule has 0 saturated heterocycles. The second-order valence-electron chi connectivity index (χ2n) is 4.65. The zero-order valence-electron chi connectivity index (χ0n) is 9.51. The molecule has 1 aliphatic carbocycles. The van der Waals surface area contributed by atoms with E-state index in [0.29, 0.717) is 12.1 Å². The summed E-state index contributed by atoms with van der Waals surface area (Å²) in [6.07, 6.45) is 2.78. The summed E-state index contributed by atoms with van der Waals surface area (Å²) in [5.74, 6) is 0. The summed E-state index contributed by atoms with van der Waals surface area (Å²) in [6.45, 7) is 11.4. The van der Waals surface area contributed by atoms with Gasteiger partial charge in [0.2, 0.25) is 0 Å². The monoisotopic (exact) mass is 184 g/mol. The van der Waals surface area contributed by atoms with Gasteiger partial charge in [-0.05, 0) is 40.5 Å². The van der Waals surface area contributed by atoms with Crippen LogP contribution in [0.3, 0.4) is 0 Å². The molecule has 2 nitrogen and oxygen atoms in total. The molecule has 0 unspecified atom stereocenters. The van der Waals surface area contributed by atoms with Gasteiger partial charge in [0.15, 0.2) is 0 Å². The molecule has 0 amide bonds. The summed E-state index contributed by atoms with van der Waals surface area (Å²) >= 11 is 0. The average Bonchev–Trinajstić information content (AvgIpc) is 2.79. The van der Waals surface area contributed by atoms with Gasteiger partial charge < -0.3 is 5.32 Å². The lowest BCUT2D eigenvalue weighted by Gasteiger charge is -2.30. The van der Waals surface area contributed by atoms with E-state index in [4.69, 9.17) is 0 Å². The van der Waals surface area contributed by atoms with Gasteiger partial charge in [0.25, 0.3) is 0 Å². The highest BCUT2D eigenvalue weighted by molar-refractivity contribution is 4.81. The fourth-order valence-electron chi connectivity index (χ4n) is 1.80. The van der Waals surface area contributed by atoms with Crippen LogP contribution >= 0.6 is 0 Å². The summed E-state index contributed by atoms with van der Waals surface area (Å²) in [4.78, 5) is 2.54. The smallest absolute Gasteiger partial charge is 0.0112 e. The number of nitrogens with zero attached hydrogens (tertiary/aromatic N) is 1. The Morgan fingerprint density at radius 2 is 1.69 bits per heavy atom. The highest BCUT2D eigenvalue weighted by Crippen LogP contribution is 2.18. The fourth-order valence-corrected chi connectivity index (χ4v) is 1.80. The molecule has 0 spiro atoms. The van der Waals surface area contributed by atoms with Crippen LogP contribution in [-0.4, -0.2) is 36.1 Å². The van der Waals surface area contributed by atoms with Gasteiger partial charge in [-0.3, -0.25) is 4.90 Å². The van der Waals surface area contributed by atoms with Gasteiger partial charge in [0.1, 0.15) is 0 Å². The molecule has 0 aromatic carbocycles. The first-order valence-corrected chi connectivity index (χ1v) is 5.60. The van der Waals surface area contributed by atoms with Gasteiger partial charge in [-0.1, -0.05) is 0 Å². The van der Waals surface area contributed by atoms with Crippen LogP contribution in [0.4, 0.5) is 0 Å². The molecule has 13 heavy (non-hydrogen) atoms. The van der Waals surface area contributed by atoms with Crippen LogP contribution in [0, 0.1) is 0 Å². The van der Waals surface area contributed by atoms with Crippen molar-refractivity contribution >= 4 is 0 Å². The highest BCUT2D eigenvalue weighted by Gasteiger charge is 2.20. The SMILES string of the molecule is CC(C)N(CCNC1CC1)C(C)C. The molecule has 0 aliphatic heterocycles. The number of hydrogen-bond acceptors (Lipinski definition) is 2. The first-order valence-electron chi connectivity index (χ1n) is 5.60. The minimum Gasteiger partial charge on any atom is -0.313 e. The van der Waals surface area contributed by atoms with Gasteiger partial charge in [-0.25, -0.2) is 0 Å². The Hall–Kier alpha value is -0.0800. The van der Waals surface area contributed by atoms with Crippen molar-refractivity contribution in [1.82, 2.24) is 10.2 Å². The van der Waals surface area contributed by atoms with Gasteiger partial charge in [-0.2, -0.15) is 0 Å². The quantitative estimate of drug-likeness (QED) is 0.678. The van der Waals surface area contributed by atoms with Crippen LogP contribution in [0.25, 0.3) is 0 Å². The minimum atomic E-state index is 0.668. The fraction of sp³-hybridized carbons (Fsp3) is 1.00. The number of nitrogens with one attached hydrogen (secondary N) is 1. The molecule has 1 rings (SSSR count). The van der Waals surface area contributed by atoms with Gasteiger partial charge >= 0.3 is 0 Å². The molecule has 0 aromatic heterocycles. The maximum Gasteiger partial charge on any atom is 0.0112 e. The van der Waals surface area contributed by atoms with Crippen molar-refractivity contribution in [3.05, 3.63) is 0 Å². The molecule has 0 aromatic rings. The van der Waals surface area contributed by atoms with E-state index in [2.05, 4.69) is 37.9 Å². The van der Waals surface area contributed by atoms with E-state index in [1.165, 1.54) is 19.4 Å². The number of rotatable bonds is 6. The Labute approximate surface area is 82.7 Å². The summed E-state index contributed by atoms with van der Waals surface area (Å²) in [5, 5.41) is 3.56. The summed E-state index contributed by atoms with van der Waals surface area (Å²) < 4.78 is 0. The van der Waals surface area contributed by atoms with Crippen LogP contribution in [0.2, 0.25) is 0 Å². The topological polar surface area (TPSA) is 15.3 Å². The zero-order valence-corrected chi connectivity index (χ0v) is 9.51. The maximum absolute atomic E-state index is 3.56. The summed E-state index contributed by atoms with van der Waals surface area (Å²) in [5.41, 5.74) is 0. The van der Waals surface area contributed by atoms with Crippen molar-refractivity contribution in [2.75, 3.05) is 13.1 Å². The normalized spacial score (nSPS) is 17.8. The molecule has 2 heteroatoms. The Kier molecular flexibility index (Phi) is 4.20. The van der Waals surface area contributed by atoms with Gasteiger partial charge in [0, 0.05) is 31.2 Å². The Bertz CT molecular complexity index is 131. The van der Waals surface area contributed by atoms with Gasteiger partial charge in [-0.15, -0.1) is 0 Å². The van der Waals surface area contributed by atoms with E-state index in [0.717, 1.165) is 12.6 Å². The van der Waals surface area contributed by atoms with Crippen LogP contribution in [0.15, 0.2) is 0 Å². The predicted molar refractivity (Wildman–Crippen MR) is 58.0 cm³/mol. The lowest BCUT2D eigenvalue weighted by Crippen LogP contribution is -2.41. The first-order chi connectivity index (χ1) is 6.11. The van der Waals surface area contributed by atoms with Crippen LogP contribution < -0.4 is 5.32 Å². The van der Waals surface area contributed by atoms with E-state index in [1.807, 2.05) is 0 Å². The largest absolute Gasteiger partial charge is 0.313 e. The zero-order chi connectivity index (χ0) is 9.84. The van der Waals surface area contributed by atoms with Gasteiger partial charge in [0.05, 0.1) is 0 Å². The van der Waals surface area contributed by atoms with Crippen LogP contribution in [-0.2, 0) is 0 Å². The molecular formula is C11H24N2. The summed E-state index contributed by atoms with van der Waals surface area (Å²) in [6, 6.07) is 2.18. The average molecular weight is 184 g/mol. The lowest BCUT2D eigenvalue weighted by atomic mass is 10.2. The van der Waals surface area contributed by atoms with E-state index in [9.17, 15) is 0 Å². The molecule has 1 N–H and O–H groups in total. The van der Waals surface area contributed by atoms with Crippen LogP contribution in [0.1, 0.15) is 40.5 Å². The van der Waals surface area contributed by atoms with Crippen molar-refractivity contribution in [3.63, 3.8) is 0 Å². The Balaban J connectivity index is 2.12. The molecule has 0 bridgehead atoms. The summed E-state index contributed by atoms with van der Waals surface area (Å²) in [7, 11) is 0. The third-order valence-corrected chi connectivity index (χ3v) is 2.71. The van der Waals surface area contributed by atoms with E-state index in [-0.39, 0.29) is 0 Å². The Morgan fingerprint density at radius 3 is 2.08 bits per heavy atom. The second-order valence-corrected chi connectivity index (χ2v) is 4.65. The first kappa shape index (κ1) is 11.0. The van der Waals surface area contributed by atoms with Crippen molar-refractivity contribution in [3.8, 4) is 0 Å². The molecule has 1 fully saturated rings. The van der Waals surface area contributed by atoms with Crippen molar-refractivity contribution in [2.45, 2.75) is 58.7 Å². The van der Waals surface area contributed by atoms with E-state index >= 15 is 0 Å². The molecule has 78 valence electrons. The number of hydrogen-bond donors (Lipinski definition) is 1. The molecule has 0 radical (unpaired) electrons. The van der Waals surface area contributed by atoms with Crippen molar-refractivity contribution < 1.29 is 0 Å². The van der Waals surface area contributed by atoms with Crippen LogP contribution in [0.5, 0.6) is 0 Å². The predicted octanol–water partition coefficient (Wildman–Crippen LogP) is 1.86. The molecule has 0 heterocycles. The lowest BCUT2D eigenvalue weighted by molar-refractivity contribution is 0.175. The molecule has 0 atom stereocenters. The minimum absolute atomic E-state index is 0.668. The maximum atomic E-state index is 3.56. The second kappa shape index (κ2) is 4.97. The highest BCUT2D eigenvalue weighted by atomic mass is 15.2. The molecule has 1 saturated carbocycles. The third-order valence-electron chi connectivity index (χ3n) is 2.71. The van der Waals surface area contributed by atoms with E-state index < -0.39 is 0 Å². The molecular weight excluding hydrogens is 160 g/mol. The Morgan fingerprint density at radius 1 is 1.15 bits per heavy atom. The van der Waals surface area contributed by atoms with E-state index in [1.54, 1.807) is 0 Å².